The summed E-state index contributed by atoms with van der Waals surface area (Å²) < 4.78 is 17.7. The van der Waals surface area contributed by atoms with Crippen LogP contribution in [0.2, 0.25) is 0 Å². The summed E-state index contributed by atoms with van der Waals surface area (Å²) in [4.78, 5) is 36.8. The highest BCUT2D eigenvalue weighted by Gasteiger charge is 2.30. The van der Waals surface area contributed by atoms with Crippen LogP contribution in [0.4, 0.5) is 5.13 Å². The van der Waals surface area contributed by atoms with Crippen molar-refractivity contribution in [1.29, 1.82) is 0 Å². The molecule has 3 N–H and O–H groups in total. The van der Waals surface area contributed by atoms with Crippen molar-refractivity contribution in [3.63, 3.8) is 0 Å². The molecular formula is C19H15N2O5PS2. The number of anilines is 1. The minimum atomic E-state index is -4.42. The van der Waals surface area contributed by atoms with Crippen LogP contribution in [0.3, 0.4) is 0 Å². The maximum atomic E-state index is 12.0. The minimum absolute atomic E-state index is 0.0303. The van der Waals surface area contributed by atoms with Gasteiger partial charge in [0.15, 0.2) is 5.13 Å². The molecular weight excluding hydrogens is 431 g/mol. The van der Waals surface area contributed by atoms with Crippen molar-refractivity contribution in [2.24, 2.45) is 5.92 Å². The molecule has 0 spiro atoms. The molecule has 0 unspecified atom stereocenters. The number of carbonyl (C=O) groups is 1. The maximum Gasteiger partial charge on any atom is 0.391 e. The molecule has 0 aliphatic heterocycles. The smallest absolute Gasteiger partial charge is 0.391 e. The third kappa shape index (κ3) is 3.68. The number of amides is 1. The number of nitrogens with zero attached hydrogens (tertiary/aromatic N) is 1. The third-order valence-electron chi connectivity index (χ3n) is 4.59. The lowest BCUT2D eigenvalue weighted by atomic mass is 10.2. The van der Waals surface area contributed by atoms with E-state index in [0.29, 0.717) is 10.9 Å². The summed E-state index contributed by atoms with van der Waals surface area (Å²) in [6.07, 6.45) is 1.88. The van der Waals surface area contributed by atoms with E-state index in [1.54, 1.807) is 6.07 Å². The molecule has 1 aliphatic carbocycles. The summed E-state index contributed by atoms with van der Waals surface area (Å²) in [6.45, 7) is 0. The summed E-state index contributed by atoms with van der Waals surface area (Å²) in [5.41, 5.74) is 1.46. The second-order valence-corrected chi connectivity index (χ2v) is 10.4. The van der Waals surface area contributed by atoms with E-state index in [9.17, 15) is 19.1 Å². The standard InChI is InChI=1S/C19H15N2O5PS2/c22-18(10-4-5-10)21-19-20-12-3-1-2-11(17(12)29-19)14-7-8-15(28-14)13-6-9-16(26-13)27(23,24)25/h1-3,6-10H,4-5H2,(H,20,21,22)(H2,23,24,25). The number of nitrogens with one attached hydrogen (secondary N) is 1. The number of hydrogen-bond donors (Lipinski definition) is 3. The van der Waals surface area contributed by atoms with Crippen molar-refractivity contribution < 1.29 is 23.6 Å². The van der Waals surface area contributed by atoms with Gasteiger partial charge in [-0.3, -0.25) is 9.36 Å². The molecule has 0 saturated heterocycles. The van der Waals surface area contributed by atoms with Gasteiger partial charge in [-0.15, -0.1) is 11.3 Å². The van der Waals surface area contributed by atoms with Gasteiger partial charge in [0.2, 0.25) is 11.4 Å². The second kappa shape index (κ2) is 6.90. The topological polar surface area (TPSA) is 113 Å². The molecule has 10 heteroatoms. The highest BCUT2D eigenvalue weighted by Crippen LogP contribution is 2.42. The fourth-order valence-corrected chi connectivity index (χ4v) is 5.53. The highest BCUT2D eigenvalue weighted by molar-refractivity contribution is 7.59. The third-order valence-corrected chi connectivity index (χ3v) is 7.55. The fourth-order valence-electron chi connectivity index (χ4n) is 2.98. The normalized spacial score (nSPS) is 14.4. The Morgan fingerprint density at radius 1 is 1.10 bits per heavy atom. The molecule has 148 valence electrons. The van der Waals surface area contributed by atoms with Crippen molar-refractivity contribution >= 4 is 57.0 Å². The van der Waals surface area contributed by atoms with Crippen LogP contribution in [0.25, 0.3) is 31.3 Å². The number of aromatic nitrogens is 1. The zero-order valence-electron chi connectivity index (χ0n) is 14.9. The molecule has 1 aliphatic rings. The number of thiazole rings is 1. The van der Waals surface area contributed by atoms with Gasteiger partial charge in [0.25, 0.3) is 0 Å². The van der Waals surface area contributed by atoms with E-state index in [1.807, 2.05) is 30.3 Å². The lowest BCUT2D eigenvalue weighted by molar-refractivity contribution is -0.117. The predicted molar refractivity (Wildman–Crippen MR) is 114 cm³/mol. The number of benzene rings is 1. The average Bonchev–Trinajstić information content (AvgIpc) is 3.08. The van der Waals surface area contributed by atoms with Gasteiger partial charge in [-0.25, -0.2) is 4.98 Å². The first-order valence-corrected chi connectivity index (χ1v) is 12.1. The number of hydrogen-bond acceptors (Lipinski definition) is 6. The van der Waals surface area contributed by atoms with Crippen molar-refractivity contribution in [2.45, 2.75) is 12.8 Å². The van der Waals surface area contributed by atoms with E-state index in [2.05, 4.69) is 10.3 Å². The number of carbonyl (C=O) groups excluding carboxylic acids is 1. The van der Waals surface area contributed by atoms with Crippen LogP contribution < -0.4 is 10.8 Å². The van der Waals surface area contributed by atoms with Gasteiger partial charge >= 0.3 is 7.60 Å². The molecule has 4 aromatic rings. The lowest BCUT2D eigenvalue weighted by Crippen LogP contribution is -2.12. The molecule has 1 aromatic carbocycles. The Kier molecular flexibility index (Phi) is 4.45. The Bertz CT molecular complexity index is 1280. The molecule has 5 rings (SSSR count). The van der Waals surface area contributed by atoms with Crippen LogP contribution in [-0.2, 0) is 9.36 Å². The van der Waals surface area contributed by atoms with Gasteiger partial charge in [-0.2, -0.15) is 0 Å². The molecule has 0 bridgehead atoms. The van der Waals surface area contributed by atoms with Crippen molar-refractivity contribution in [2.75, 3.05) is 5.32 Å². The zero-order chi connectivity index (χ0) is 20.2. The number of rotatable bonds is 5. The van der Waals surface area contributed by atoms with Crippen molar-refractivity contribution in [3.05, 3.63) is 42.5 Å². The lowest BCUT2D eigenvalue weighted by Gasteiger charge is -1.99. The predicted octanol–water partition coefficient (Wildman–Crippen LogP) is 4.44. The van der Waals surface area contributed by atoms with E-state index in [0.717, 1.165) is 38.4 Å². The molecule has 3 aromatic heterocycles. The number of fused-ring (bicyclic) bond motifs is 1. The largest absolute Gasteiger partial charge is 0.447 e. The fraction of sp³-hybridized carbons (Fsp3) is 0.158. The first-order chi connectivity index (χ1) is 13.9. The summed E-state index contributed by atoms with van der Waals surface area (Å²) in [5, 5.41) is 3.50. The van der Waals surface area contributed by atoms with Gasteiger partial charge in [0.05, 0.1) is 15.1 Å². The average molecular weight is 446 g/mol. The van der Waals surface area contributed by atoms with Crippen LogP contribution in [0, 0.1) is 5.92 Å². The Balaban J connectivity index is 1.48. The molecule has 3 heterocycles. The maximum absolute atomic E-state index is 12.0. The quantitative estimate of drug-likeness (QED) is 0.391. The number of thiophene rings is 1. The second-order valence-electron chi connectivity index (χ2n) is 6.78. The van der Waals surface area contributed by atoms with Crippen LogP contribution in [-0.4, -0.2) is 20.7 Å². The highest BCUT2D eigenvalue weighted by atomic mass is 32.1. The Labute approximate surface area is 173 Å². The van der Waals surface area contributed by atoms with Gasteiger partial charge in [0.1, 0.15) is 5.76 Å². The molecule has 1 fully saturated rings. The van der Waals surface area contributed by atoms with E-state index in [1.165, 1.54) is 28.7 Å². The zero-order valence-corrected chi connectivity index (χ0v) is 17.4. The van der Waals surface area contributed by atoms with Gasteiger partial charge < -0.3 is 19.5 Å². The van der Waals surface area contributed by atoms with Crippen LogP contribution >= 0.6 is 30.3 Å². The monoisotopic (exact) mass is 446 g/mol. The molecule has 0 atom stereocenters. The molecule has 0 radical (unpaired) electrons. The Morgan fingerprint density at radius 3 is 2.62 bits per heavy atom. The summed E-state index contributed by atoms with van der Waals surface area (Å²) in [5.74, 6) is 0.559. The number of furan rings is 1. The molecule has 7 nitrogen and oxygen atoms in total. The van der Waals surface area contributed by atoms with Crippen molar-refractivity contribution in [1.82, 2.24) is 4.98 Å². The first kappa shape index (κ1) is 18.7. The van der Waals surface area contributed by atoms with E-state index in [4.69, 9.17) is 4.42 Å². The van der Waals surface area contributed by atoms with Crippen LogP contribution in [0.5, 0.6) is 0 Å². The van der Waals surface area contributed by atoms with Crippen LogP contribution in [0.1, 0.15) is 12.8 Å². The summed E-state index contributed by atoms with van der Waals surface area (Å²) in [6, 6.07) is 12.5. The molecule has 1 saturated carbocycles. The summed E-state index contributed by atoms with van der Waals surface area (Å²) in [7, 11) is -4.42. The Morgan fingerprint density at radius 2 is 1.90 bits per heavy atom. The van der Waals surface area contributed by atoms with E-state index >= 15 is 0 Å². The van der Waals surface area contributed by atoms with E-state index in [-0.39, 0.29) is 17.3 Å². The van der Waals surface area contributed by atoms with Gasteiger partial charge in [-0.05, 0) is 43.2 Å². The van der Waals surface area contributed by atoms with Gasteiger partial charge in [-0.1, -0.05) is 23.5 Å². The van der Waals surface area contributed by atoms with Gasteiger partial charge in [0, 0.05) is 16.4 Å². The summed E-state index contributed by atoms with van der Waals surface area (Å²) >= 11 is 2.90. The minimum Gasteiger partial charge on any atom is -0.447 e. The van der Waals surface area contributed by atoms with Crippen molar-refractivity contribution in [3.8, 4) is 21.1 Å². The molecule has 1 amide bonds. The first-order valence-electron chi connectivity index (χ1n) is 8.85. The Hall–Kier alpha value is -2.29. The van der Waals surface area contributed by atoms with Crippen LogP contribution in [0.15, 0.2) is 46.9 Å². The van der Waals surface area contributed by atoms with E-state index < -0.39 is 7.60 Å². The molecule has 29 heavy (non-hydrogen) atoms. The SMILES string of the molecule is O=C(Nc1nc2cccc(-c3ccc(-c4ccc(P(=O)(O)O)o4)s3)c2s1)C1CC1.